The molecule has 1 saturated heterocycles. The molecule has 6 nitrogen and oxygen atoms in total. The lowest BCUT2D eigenvalue weighted by atomic mass is 9.85. The number of nitrogens with zero attached hydrogens (tertiary/aromatic N) is 3. The van der Waals surface area contributed by atoms with Crippen molar-refractivity contribution in [3.8, 4) is 0 Å². The molecule has 2 aliphatic carbocycles. The van der Waals surface area contributed by atoms with Gasteiger partial charge < -0.3 is 4.90 Å². The van der Waals surface area contributed by atoms with Crippen molar-refractivity contribution in [1.29, 1.82) is 0 Å². The van der Waals surface area contributed by atoms with Crippen molar-refractivity contribution in [2.75, 3.05) is 20.1 Å². The van der Waals surface area contributed by atoms with Crippen molar-refractivity contribution >= 4 is 21.8 Å². The van der Waals surface area contributed by atoms with Gasteiger partial charge in [0.05, 0.1) is 5.25 Å². The summed E-state index contributed by atoms with van der Waals surface area (Å²) in [7, 11) is -1.38. The van der Waals surface area contributed by atoms with E-state index >= 15 is 0 Å². The monoisotopic (exact) mass is 311 g/mol. The summed E-state index contributed by atoms with van der Waals surface area (Å²) < 4.78 is 26.5. The van der Waals surface area contributed by atoms with Gasteiger partial charge in [-0.15, -0.1) is 0 Å². The summed E-state index contributed by atoms with van der Waals surface area (Å²) in [6.45, 7) is 2.91. The number of fused-ring (bicyclic) bond motifs is 2. The number of aliphatic imine (C=N–C) groups is 1. The first kappa shape index (κ1) is 13.7. The fraction of sp³-hybridized carbons (Fsp3) is 0.857. The highest BCUT2D eigenvalue weighted by molar-refractivity contribution is 7.90. The molecular formula is C14H21N3O3S. The van der Waals surface area contributed by atoms with Crippen LogP contribution >= 0.6 is 0 Å². The lowest BCUT2D eigenvalue weighted by molar-refractivity contribution is -0.131. The lowest BCUT2D eigenvalue weighted by Crippen LogP contribution is -2.45. The Kier molecular flexibility index (Phi) is 2.65. The van der Waals surface area contributed by atoms with Crippen LogP contribution in [0.5, 0.6) is 0 Å². The molecule has 0 N–H and O–H groups in total. The van der Waals surface area contributed by atoms with Gasteiger partial charge in [0.1, 0.15) is 11.4 Å². The fourth-order valence-electron chi connectivity index (χ4n) is 4.29. The van der Waals surface area contributed by atoms with Gasteiger partial charge in [0.15, 0.2) is 0 Å². The van der Waals surface area contributed by atoms with Gasteiger partial charge >= 0.3 is 0 Å². The summed E-state index contributed by atoms with van der Waals surface area (Å²) >= 11 is 0. The van der Waals surface area contributed by atoms with Crippen LogP contribution in [-0.2, 0) is 14.8 Å². The zero-order valence-electron chi connectivity index (χ0n) is 12.4. The molecule has 3 atom stereocenters. The quantitative estimate of drug-likeness (QED) is 0.743. The zero-order valence-corrected chi connectivity index (χ0v) is 13.3. The van der Waals surface area contributed by atoms with Crippen LogP contribution in [-0.4, -0.2) is 60.3 Å². The van der Waals surface area contributed by atoms with Gasteiger partial charge in [0, 0.05) is 26.1 Å². The van der Waals surface area contributed by atoms with Gasteiger partial charge in [-0.3, -0.25) is 9.79 Å². The Labute approximate surface area is 125 Å². The van der Waals surface area contributed by atoms with E-state index in [2.05, 4.69) is 4.99 Å². The molecule has 0 unspecified atom stereocenters. The molecule has 1 amide bonds. The maximum absolute atomic E-state index is 12.6. The SMILES string of the molecule is CC1=N[C@]2(CC[C@H]3CN(S(=O)(=O)C4CC4)C[C@H]32)C(=O)N1C. The Bertz CT molecular complexity index is 640. The molecule has 2 heterocycles. The summed E-state index contributed by atoms with van der Waals surface area (Å²) in [5.74, 6) is 1.14. The third-order valence-corrected chi connectivity index (χ3v) is 8.08. The van der Waals surface area contributed by atoms with E-state index in [-0.39, 0.29) is 23.0 Å². The minimum atomic E-state index is -3.14. The average molecular weight is 311 g/mol. The molecule has 0 aromatic rings. The summed E-state index contributed by atoms with van der Waals surface area (Å²) in [6.07, 6.45) is 3.24. The van der Waals surface area contributed by atoms with E-state index in [0.717, 1.165) is 31.5 Å². The second-order valence-corrected chi connectivity index (χ2v) is 9.13. The van der Waals surface area contributed by atoms with E-state index in [0.29, 0.717) is 13.1 Å². The molecule has 116 valence electrons. The number of sulfonamides is 1. The number of carbonyl (C=O) groups is 1. The molecule has 7 heteroatoms. The van der Waals surface area contributed by atoms with Crippen LogP contribution in [0, 0.1) is 11.8 Å². The van der Waals surface area contributed by atoms with E-state index in [9.17, 15) is 13.2 Å². The Morgan fingerprint density at radius 1 is 1.24 bits per heavy atom. The number of amides is 1. The van der Waals surface area contributed by atoms with Crippen LogP contribution in [0.15, 0.2) is 4.99 Å². The topological polar surface area (TPSA) is 70.0 Å². The first-order valence-corrected chi connectivity index (χ1v) is 9.20. The zero-order chi connectivity index (χ0) is 15.0. The number of likely N-dealkylation sites (N-methyl/N-ethyl adjacent to an activating group) is 1. The van der Waals surface area contributed by atoms with Crippen LogP contribution < -0.4 is 0 Å². The minimum Gasteiger partial charge on any atom is -0.302 e. The summed E-state index contributed by atoms with van der Waals surface area (Å²) in [5, 5.41) is -0.167. The molecule has 1 spiro atoms. The Morgan fingerprint density at radius 3 is 2.52 bits per heavy atom. The van der Waals surface area contributed by atoms with E-state index in [1.807, 2.05) is 6.92 Å². The maximum Gasteiger partial charge on any atom is 0.255 e. The first-order valence-electron chi connectivity index (χ1n) is 7.70. The van der Waals surface area contributed by atoms with E-state index in [4.69, 9.17) is 0 Å². The second kappa shape index (κ2) is 4.07. The molecule has 0 aromatic carbocycles. The van der Waals surface area contributed by atoms with Crippen molar-refractivity contribution in [2.24, 2.45) is 16.8 Å². The highest BCUT2D eigenvalue weighted by atomic mass is 32.2. The second-order valence-electron chi connectivity index (χ2n) is 6.91. The Balaban J connectivity index is 1.64. The van der Waals surface area contributed by atoms with Gasteiger partial charge in [-0.1, -0.05) is 0 Å². The molecule has 0 bridgehead atoms. The molecule has 3 fully saturated rings. The molecule has 2 aliphatic heterocycles. The Morgan fingerprint density at radius 2 is 1.95 bits per heavy atom. The van der Waals surface area contributed by atoms with E-state index in [1.165, 1.54) is 0 Å². The van der Waals surface area contributed by atoms with Crippen LogP contribution in [0.25, 0.3) is 0 Å². The predicted octanol–water partition coefficient (Wildman–Crippen LogP) is 0.450. The van der Waals surface area contributed by atoms with E-state index in [1.54, 1.807) is 16.3 Å². The van der Waals surface area contributed by atoms with Crippen LogP contribution in [0.3, 0.4) is 0 Å². The number of rotatable bonds is 2. The molecule has 0 aromatic heterocycles. The third kappa shape index (κ3) is 1.70. The van der Waals surface area contributed by atoms with Crippen LogP contribution in [0.1, 0.15) is 32.6 Å². The van der Waals surface area contributed by atoms with Gasteiger partial charge in [-0.05, 0) is 38.5 Å². The van der Waals surface area contributed by atoms with Crippen molar-refractivity contribution in [3.63, 3.8) is 0 Å². The van der Waals surface area contributed by atoms with Crippen molar-refractivity contribution in [3.05, 3.63) is 0 Å². The number of amidine groups is 1. The van der Waals surface area contributed by atoms with Gasteiger partial charge in [0.25, 0.3) is 5.91 Å². The van der Waals surface area contributed by atoms with Gasteiger partial charge in [-0.2, -0.15) is 0 Å². The number of carbonyl (C=O) groups excluding carboxylic acids is 1. The molecule has 4 rings (SSSR count). The number of hydrogen-bond donors (Lipinski definition) is 0. The van der Waals surface area contributed by atoms with Crippen molar-refractivity contribution in [2.45, 2.75) is 43.4 Å². The van der Waals surface area contributed by atoms with Gasteiger partial charge in [0.2, 0.25) is 10.0 Å². The molecule has 2 saturated carbocycles. The van der Waals surface area contributed by atoms with E-state index < -0.39 is 15.6 Å². The maximum atomic E-state index is 12.6. The molecule has 0 radical (unpaired) electrons. The number of hydrogen-bond acceptors (Lipinski definition) is 4. The largest absolute Gasteiger partial charge is 0.302 e. The molecular weight excluding hydrogens is 290 g/mol. The third-order valence-electron chi connectivity index (χ3n) is 5.74. The fourth-order valence-corrected chi connectivity index (χ4v) is 6.21. The smallest absolute Gasteiger partial charge is 0.255 e. The minimum absolute atomic E-state index is 0.0539. The predicted molar refractivity (Wildman–Crippen MR) is 78.3 cm³/mol. The van der Waals surface area contributed by atoms with Crippen LogP contribution in [0.2, 0.25) is 0 Å². The van der Waals surface area contributed by atoms with Crippen molar-refractivity contribution in [1.82, 2.24) is 9.21 Å². The van der Waals surface area contributed by atoms with Crippen molar-refractivity contribution < 1.29 is 13.2 Å². The first-order chi connectivity index (χ1) is 9.86. The lowest BCUT2D eigenvalue weighted by Gasteiger charge is -2.27. The van der Waals surface area contributed by atoms with Crippen LogP contribution in [0.4, 0.5) is 0 Å². The summed E-state index contributed by atoms with van der Waals surface area (Å²) in [6, 6.07) is 0. The highest BCUT2D eigenvalue weighted by Crippen LogP contribution is 2.51. The molecule has 21 heavy (non-hydrogen) atoms. The normalized spacial score (nSPS) is 40.2. The average Bonchev–Trinajstić information content (AvgIpc) is 3.07. The highest BCUT2D eigenvalue weighted by Gasteiger charge is 2.61. The summed E-state index contributed by atoms with van der Waals surface area (Å²) in [5.41, 5.74) is -0.683. The molecule has 4 aliphatic rings. The standard InChI is InChI=1S/C14H21N3O3S/c1-9-15-14(13(18)16(9)2)6-5-10-7-17(8-12(10)14)21(19,20)11-3-4-11/h10-12H,3-8H2,1-2H3/t10-,12+,14-/m0/s1. The Hall–Kier alpha value is -0.950. The van der Waals surface area contributed by atoms with Gasteiger partial charge in [-0.25, -0.2) is 12.7 Å². The summed E-state index contributed by atoms with van der Waals surface area (Å²) in [4.78, 5) is 18.9.